The van der Waals surface area contributed by atoms with Gasteiger partial charge in [0.25, 0.3) is 0 Å². The molecule has 3 fully saturated rings. The number of anilines is 6. The Morgan fingerprint density at radius 1 is 1.02 bits per heavy atom. The monoisotopic (exact) mass is 666 g/mol. The third kappa shape index (κ3) is 7.42. The first-order valence-corrected chi connectivity index (χ1v) is 17.3. The van der Waals surface area contributed by atoms with Gasteiger partial charge in [-0.3, -0.25) is 9.63 Å². The average Bonchev–Trinajstić information content (AvgIpc) is 3.56. The molecule has 0 spiro atoms. The summed E-state index contributed by atoms with van der Waals surface area (Å²) in [5, 5.41) is 7.88. The average molecular weight is 667 g/mol. The topological polar surface area (TPSA) is 132 Å². The minimum absolute atomic E-state index is 0.0414. The molecule has 6 rings (SSSR count). The number of halogens is 1. The van der Waals surface area contributed by atoms with E-state index in [4.69, 9.17) is 9.57 Å². The van der Waals surface area contributed by atoms with E-state index in [2.05, 4.69) is 44.0 Å². The van der Waals surface area contributed by atoms with Crippen LogP contribution >= 0.6 is 0 Å². The molecule has 0 bridgehead atoms. The van der Waals surface area contributed by atoms with E-state index < -0.39 is 15.7 Å². The number of likely N-dealkylation sites (N-methyl/N-ethyl adjacent to an activating group) is 1. The number of methoxy groups -OCH3 is 1. The lowest BCUT2D eigenvalue weighted by Gasteiger charge is -2.35. The van der Waals surface area contributed by atoms with Crippen molar-refractivity contribution in [2.75, 3.05) is 97.0 Å². The largest absolute Gasteiger partial charge is 0.494 e. The molecule has 3 saturated heterocycles. The Morgan fingerprint density at radius 3 is 2.51 bits per heavy atom. The first kappa shape index (κ1) is 32.5. The van der Waals surface area contributed by atoms with Crippen LogP contribution in [-0.2, 0) is 19.5 Å². The van der Waals surface area contributed by atoms with Gasteiger partial charge in [-0.25, -0.2) is 27.8 Å². The zero-order valence-electron chi connectivity index (χ0n) is 26.5. The molecule has 2 N–H and O–H groups in total. The van der Waals surface area contributed by atoms with E-state index in [1.54, 1.807) is 18.2 Å². The van der Waals surface area contributed by atoms with Crippen molar-refractivity contribution in [1.29, 1.82) is 0 Å². The van der Waals surface area contributed by atoms with Gasteiger partial charge in [-0.1, -0.05) is 6.58 Å². The number of hydroxylamine groups is 1. The van der Waals surface area contributed by atoms with Crippen LogP contribution in [0.3, 0.4) is 0 Å². The molecule has 0 saturated carbocycles. The number of piperazine rings is 1. The third-order valence-corrected chi connectivity index (χ3v) is 10.3. The number of carbonyl (C=O) groups excluding carboxylic acids is 1. The molecular formula is C32H39FN8O5S. The molecule has 1 aromatic heterocycles. The molecule has 0 radical (unpaired) electrons. The molecule has 13 nitrogen and oxygen atoms in total. The predicted molar refractivity (Wildman–Crippen MR) is 180 cm³/mol. The lowest BCUT2D eigenvalue weighted by molar-refractivity contribution is -0.111. The van der Waals surface area contributed by atoms with E-state index in [0.717, 1.165) is 31.9 Å². The molecule has 3 aromatic rings. The van der Waals surface area contributed by atoms with Crippen LogP contribution in [0.25, 0.3) is 0 Å². The lowest BCUT2D eigenvalue weighted by atomic mass is 10.0. The molecule has 2 aromatic carbocycles. The Bertz CT molecular complexity index is 1740. The molecule has 3 aliphatic rings. The first-order chi connectivity index (χ1) is 22.6. The molecular weight excluding hydrogens is 627 g/mol. The Morgan fingerprint density at radius 2 is 1.79 bits per heavy atom. The van der Waals surface area contributed by atoms with Gasteiger partial charge in [-0.05, 0) is 43.0 Å². The molecule has 1 unspecified atom stereocenters. The Labute approximate surface area is 273 Å². The lowest BCUT2D eigenvalue weighted by Crippen LogP contribution is -2.44. The summed E-state index contributed by atoms with van der Waals surface area (Å²) in [6.07, 6.45) is 3.23. The van der Waals surface area contributed by atoms with Crippen molar-refractivity contribution >= 4 is 50.1 Å². The normalized spacial score (nSPS) is 19.8. The first-order valence-electron chi connectivity index (χ1n) is 15.5. The third-order valence-electron chi connectivity index (χ3n) is 8.65. The number of nitrogens with zero attached hydrogens (tertiary/aromatic N) is 6. The van der Waals surface area contributed by atoms with Crippen molar-refractivity contribution in [2.24, 2.45) is 0 Å². The highest BCUT2D eigenvalue weighted by molar-refractivity contribution is 7.91. The predicted octanol–water partition coefficient (Wildman–Crippen LogP) is 3.36. The molecule has 250 valence electrons. The fourth-order valence-corrected chi connectivity index (χ4v) is 7.24. The molecule has 1 amide bonds. The minimum atomic E-state index is -3.07. The van der Waals surface area contributed by atoms with Crippen molar-refractivity contribution in [3.8, 4) is 5.75 Å². The maximum Gasteiger partial charge on any atom is 0.247 e. The number of nitrogens with one attached hydrogen (secondary N) is 2. The van der Waals surface area contributed by atoms with Crippen LogP contribution in [-0.4, -0.2) is 101 Å². The van der Waals surface area contributed by atoms with E-state index in [9.17, 15) is 17.6 Å². The standard InChI is InChI=1S/C32H39FN8O5S/c1-4-32(42)37-25-18-26(29(45-3)19-28(25)40-8-6-38(2)7-9-40)36-30-20-31(35-21-34-30)41-27(5-12-46-41)22-15-23(33)17-24(16-22)39-10-13-47(43,44)14-11-39/h4,15-21,27H,1,5-14H2,2-3H3,(H,37,42)(H,34,35,36). The molecule has 0 aliphatic carbocycles. The Kier molecular flexibility index (Phi) is 9.47. The molecule has 1 atom stereocenters. The number of ether oxygens (including phenoxy) is 1. The SMILES string of the molecule is C=CC(=O)Nc1cc(Nc2cc(N3OCCC3c3cc(F)cc(N4CCS(=O)(=O)CC4)c3)ncn2)c(OC)cc1N1CCN(C)CC1. The van der Waals surface area contributed by atoms with Gasteiger partial charge in [0.1, 0.15) is 23.7 Å². The molecule has 47 heavy (non-hydrogen) atoms. The maximum absolute atomic E-state index is 14.9. The van der Waals surface area contributed by atoms with Gasteiger partial charge in [-0.2, -0.15) is 0 Å². The second-order valence-electron chi connectivity index (χ2n) is 11.8. The summed E-state index contributed by atoms with van der Waals surface area (Å²) in [4.78, 5) is 33.6. The number of benzene rings is 2. The van der Waals surface area contributed by atoms with Gasteiger partial charge < -0.3 is 30.1 Å². The summed E-state index contributed by atoms with van der Waals surface area (Å²) in [6.45, 7) is 7.99. The van der Waals surface area contributed by atoms with Crippen LogP contribution in [0, 0.1) is 5.82 Å². The quantitative estimate of drug-likeness (QED) is 0.325. The van der Waals surface area contributed by atoms with Crippen molar-refractivity contribution in [3.63, 3.8) is 0 Å². The zero-order valence-corrected chi connectivity index (χ0v) is 27.3. The molecule has 3 aliphatic heterocycles. The maximum atomic E-state index is 14.9. The number of aromatic nitrogens is 2. The van der Waals surface area contributed by atoms with Crippen LogP contribution in [0.5, 0.6) is 5.75 Å². The summed E-state index contributed by atoms with van der Waals surface area (Å²) in [7, 11) is 0.593. The Hall–Kier alpha value is -4.47. The van der Waals surface area contributed by atoms with Crippen molar-refractivity contribution < 1.29 is 27.2 Å². The van der Waals surface area contributed by atoms with Crippen LogP contribution < -0.4 is 30.2 Å². The summed E-state index contributed by atoms with van der Waals surface area (Å²) >= 11 is 0. The van der Waals surface area contributed by atoms with Crippen LogP contribution in [0.2, 0.25) is 0 Å². The van der Waals surface area contributed by atoms with Crippen molar-refractivity contribution in [2.45, 2.75) is 12.5 Å². The summed E-state index contributed by atoms with van der Waals surface area (Å²) < 4.78 is 44.5. The fourth-order valence-electron chi connectivity index (χ4n) is 6.04. The smallest absolute Gasteiger partial charge is 0.247 e. The van der Waals surface area contributed by atoms with Gasteiger partial charge in [0.15, 0.2) is 15.7 Å². The van der Waals surface area contributed by atoms with Crippen LogP contribution in [0.1, 0.15) is 18.0 Å². The highest BCUT2D eigenvalue weighted by Crippen LogP contribution is 2.40. The number of sulfone groups is 1. The molecule has 4 heterocycles. The minimum Gasteiger partial charge on any atom is -0.494 e. The van der Waals surface area contributed by atoms with Crippen molar-refractivity contribution in [1.82, 2.24) is 14.9 Å². The van der Waals surface area contributed by atoms with Gasteiger partial charge in [-0.15, -0.1) is 0 Å². The van der Waals surface area contributed by atoms with E-state index in [-0.39, 0.29) is 23.5 Å². The summed E-state index contributed by atoms with van der Waals surface area (Å²) in [5.74, 6) is 0.819. The number of carbonyl (C=O) groups is 1. The van der Waals surface area contributed by atoms with Crippen molar-refractivity contribution in [3.05, 3.63) is 66.8 Å². The van der Waals surface area contributed by atoms with Crippen LogP contribution in [0.4, 0.5) is 38.8 Å². The van der Waals surface area contributed by atoms with E-state index >= 15 is 0 Å². The number of hydrogen-bond donors (Lipinski definition) is 2. The zero-order chi connectivity index (χ0) is 33.1. The van der Waals surface area contributed by atoms with Gasteiger partial charge in [0.05, 0.1) is 48.3 Å². The number of rotatable bonds is 9. The Balaban J connectivity index is 1.26. The molecule has 15 heteroatoms. The van der Waals surface area contributed by atoms with Crippen LogP contribution in [0.15, 0.2) is 55.4 Å². The number of hydrogen-bond acceptors (Lipinski definition) is 12. The van der Waals surface area contributed by atoms with Gasteiger partial charge in [0, 0.05) is 63.5 Å². The van der Waals surface area contributed by atoms with Gasteiger partial charge in [0.2, 0.25) is 5.91 Å². The fraction of sp³-hybridized carbons (Fsp3) is 0.406. The number of amides is 1. The second-order valence-corrected chi connectivity index (χ2v) is 14.1. The summed E-state index contributed by atoms with van der Waals surface area (Å²) in [5.41, 5.74) is 3.36. The highest BCUT2D eigenvalue weighted by atomic mass is 32.2. The van der Waals surface area contributed by atoms with E-state index in [1.807, 2.05) is 23.1 Å². The van der Waals surface area contributed by atoms with Gasteiger partial charge >= 0.3 is 0 Å². The summed E-state index contributed by atoms with van der Waals surface area (Å²) in [6, 6.07) is 9.89. The van der Waals surface area contributed by atoms with E-state index in [1.165, 1.54) is 24.5 Å². The van der Waals surface area contributed by atoms with E-state index in [0.29, 0.717) is 66.1 Å². The highest BCUT2D eigenvalue weighted by Gasteiger charge is 2.31. The second kappa shape index (κ2) is 13.7.